The van der Waals surface area contributed by atoms with Crippen molar-refractivity contribution in [2.45, 2.75) is 0 Å². The van der Waals surface area contributed by atoms with Gasteiger partial charge in [0.25, 0.3) is 5.91 Å². The lowest BCUT2D eigenvalue weighted by atomic mass is 10.1. The highest BCUT2D eigenvalue weighted by Crippen LogP contribution is 2.32. The summed E-state index contributed by atoms with van der Waals surface area (Å²) in [5.74, 6) is 0.121. The van der Waals surface area contributed by atoms with Gasteiger partial charge in [0.2, 0.25) is 0 Å². The van der Waals surface area contributed by atoms with Crippen molar-refractivity contribution < 1.29 is 4.79 Å². The van der Waals surface area contributed by atoms with Gasteiger partial charge in [0, 0.05) is 11.6 Å². The van der Waals surface area contributed by atoms with Crippen LogP contribution in [0.5, 0.6) is 0 Å². The van der Waals surface area contributed by atoms with Crippen LogP contribution in [0.1, 0.15) is 10.4 Å². The minimum absolute atomic E-state index is 0.294. The number of benzene rings is 2. The molecule has 5 rings (SSSR count). The molecule has 130 valence electrons. The lowest BCUT2D eigenvalue weighted by molar-refractivity contribution is 0.102. The third-order valence-corrected chi connectivity index (χ3v) is 5.11. The molecule has 0 aliphatic carbocycles. The Balaban J connectivity index is 1.53. The van der Waals surface area contributed by atoms with Gasteiger partial charge < -0.3 is 0 Å². The van der Waals surface area contributed by atoms with Crippen molar-refractivity contribution in [2.75, 3.05) is 5.32 Å². The smallest absolute Gasteiger partial charge is 0.261 e. The van der Waals surface area contributed by atoms with E-state index in [1.54, 1.807) is 18.3 Å². The highest BCUT2D eigenvalue weighted by atomic mass is 32.1. The highest BCUT2D eigenvalue weighted by molar-refractivity contribution is 7.22. The van der Waals surface area contributed by atoms with Crippen LogP contribution in [0.15, 0.2) is 67.4 Å². The summed E-state index contributed by atoms with van der Waals surface area (Å²) in [5, 5.41) is 9.66. The monoisotopic (exact) mass is 372 g/mol. The third kappa shape index (κ3) is 2.72. The number of aromatic nitrogens is 5. The molecule has 5 aromatic rings. The molecule has 0 aliphatic rings. The summed E-state index contributed by atoms with van der Waals surface area (Å²) in [7, 11) is 0. The Morgan fingerprint density at radius 3 is 2.89 bits per heavy atom. The quantitative estimate of drug-likeness (QED) is 0.522. The van der Waals surface area contributed by atoms with Crippen molar-refractivity contribution in [2.24, 2.45) is 0 Å². The van der Waals surface area contributed by atoms with Crippen molar-refractivity contribution in [1.29, 1.82) is 0 Å². The normalized spacial score (nSPS) is 11.1. The summed E-state index contributed by atoms with van der Waals surface area (Å²) < 4.78 is 2.48. The summed E-state index contributed by atoms with van der Waals surface area (Å²) >= 11 is 1.44. The Labute approximate surface area is 157 Å². The van der Waals surface area contributed by atoms with Gasteiger partial charge in [-0.1, -0.05) is 41.7 Å². The number of thiazole rings is 1. The van der Waals surface area contributed by atoms with Crippen molar-refractivity contribution in [3.8, 4) is 5.82 Å². The number of anilines is 1. The van der Waals surface area contributed by atoms with Crippen molar-refractivity contribution in [3.63, 3.8) is 0 Å². The fraction of sp³-hybridized carbons (Fsp3) is 0. The molecule has 0 saturated heterocycles. The molecule has 0 fully saturated rings. The molecule has 0 spiro atoms. The molecular weight excluding hydrogens is 360 g/mol. The maximum Gasteiger partial charge on any atom is 0.261 e. The summed E-state index contributed by atoms with van der Waals surface area (Å²) in [6.07, 6.45) is 4.51. The van der Waals surface area contributed by atoms with E-state index in [2.05, 4.69) is 31.4 Å². The second kappa shape index (κ2) is 6.26. The Hall–Kier alpha value is -3.65. The lowest BCUT2D eigenvalue weighted by Gasteiger charge is -2.06. The van der Waals surface area contributed by atoms with Gasteiger partial charge in [-0.3, -0.25) is 10.1 Å². The van der Waals surface area contributed by atoms with Crippen LogP contribution in [0, 0.1) is 0 Å². The number of nitrogens with zero attached hydrogens (tertiary/aromatic N) is 5. The molecule has 1 amide bonds. The Kier molecular flexibility index (Phi) is 3.61. The van der Waals surface area contributed by atoms with Crippen LogP contribution in [0.4, 0.5) is 5.13 Å². The van der Waals surface area contributed by atoms with E-state index in [4.69, 9.17) is 0 Å². The van der Waals surface area contributed by atoms with Gasteiger partial charge in [0.1, 0.15) is 12.7 Å². The second-order valence-electron chi connectivity index (χ2n) is 5.82. The number of amides is 1. The maximum atomic E-state index is 12.8. The fourth-order valence-electron chi connectivity index (χ4n) is 2.95. The van der Waals surface area contributed by atoms with Gasteiger partial charge in [-0.2, -0.15) is 5.10 Å². The first-order valence-electron chi connectivity index (χ1n) is 8.19. The van der Waals surface area contributed by atoms with E-state index >= 15 is 0 Å². The molecule has 0 saturated carbocycles. The number of fused-ring (bicyclic) bond motifs is 3. The number of hydrogen-bond donors (Lipinski definition) is 1. The number of nitrogens with one attached hydrogen (secondary N) is 1. The van der Waals surface area contributed by atoms with Gasteiger partial charge in [-0.15, -0.1) is 0 Å². The minimum Gasteiger partial charge on any atom is -0.298 e. The average Bonchev–Trinajstić information content (AvgIpc) is 3.37. The molecule has 7 nitrogen and oxygen atoms in total. The van der Waals surface area contributed by atoms with Crippen molar-refractivity contribution >= 4 is 43.4 Å². The Morgan fingerprint density at radius 1 is 1.07 bits per heavy atom. The van der Waals surface area contributed by atoms with E-state index in [-0.39, 0.29) is 5.91 Å². The molecule has 0 atom stereocenters. The molecule has 0 bridgehead atoms. The predicted molar refractivity (Wildman–Crippen MR) is 104 cm³/mol. The standard InChI is InChI=1S/C19H12N6OS/c26-18(14-6-3-9-21-17(14)25-11-20-10-22-25)24-19-23-16-13-5-2-1-4-12(13)7-8-15(16)27-19/h1-11H,(H,23,24,26). The minimum atomic E-state index is -0.294. The van der Waals surface area contributed by atoms with Crippen LogP contribution in [-0.4, -0.2) is 30.6 Å². The largest absolute Gasteiger partial charge is 0.298 e. The molecule has 3 heterocycles. The zero-order valence-corrected chi connectivity index (χ0v) is 14.7. The second-order valence-corrected chi connectivity index (χ2v) is 6.85. The van der Waals surface area contributed by atoms with E-state index in [1.807, 2.05) is 30.3 Å². The molecule has 0 aliphatic heterocycles. The summed E-state index contributed by atoms with van der Waals surface area (Å²) in [6, 6.07) is 15.6. The van der Waals surface area contributed by atoms with Crippen LogP contribution in [0.2, 0.25) is 0 Å². The van der Waals surface area contributed by atoms with Crippen LogP contribution in [0.25, 0.3) is 26.8 Å². The highest BCUT2D eigenvalue weighted by Gasteiger charge is 2.16. The molecule has 0 radical (unpaired) electrons. The van der Waals surface area contributed by atoms with Gasteiger partial charge in [0.15, 0.2) is 10.9 Å². The van der Waals surface area contributed by atoms with Gasteiger partial charge in [0.05, 0.1) is 15.8 Å². The Morgan fingerprint density at radius 2 is 2.00 bits per heavy atom. The number of carbonyl (C=O) groups is 1. The van der Waals surface area contributed by atoms with E-state index in [1.165, 1.54) is 28.7 Å². The summed E-state index contributed by atoms with van der Waals surface area (Å²) in [4.78, 5) is 25.6. The first-order valence-corrected chi connectivity index (χ1v) is 9.01. The van der Waals surface area contributed by atoms with Crippen LogP contribution in [-0.2, 0) is 0 Å². The average molecular weight is 372 g/mol. The maximum absolute atomic E-state index is 12.8. The number of carbonyl (C=O) groups excluding carboxylic acids is 1. The molecule has 1 N–H and O–H groups in total. The molecule has 0 unspecified atom stereocenters. The summed E-state index contributed by atoms with van der Waals surface area (Å²) in [5.41, 5.74) is 1.28. The van der Waals surface area contributed by atoms with Gasteiger partial charge >= 0.3 is 0 Å². The lowest BCUT2D eigenvalue weighted by Crippen LogP contribution is -2.16. The SMILES string of the molecule is O=C(Nc1nc2c(ccc3ccccc32)s1)c1cccnc1-n1cncn1. The van der Waals surface area contributed by atoms with E-state index in [0.717, 1.165) is 21.0 Å². The molecule has 8 heteroatoms. The van der Waals surface area contributed by atoms with E-state index in [9.17, 15) is 4.79 Å². The van der Waals surface area contributed by atoms with Crippen molar-refractivity contribution in [3.05, 3.63) is 72.9 Å². The molecule has 2 aromatic carbocycles. The first-order chi connectivity index (χ1) is 13.3. The van der Waals surface area contributed by atoms with Crippen LogP contribution in [0.3, 0.4) is 0 Å². The first kappa shape index (κ1) is 15.6. The number of pyridine rings is 1. The van der Waals surface area contributed by atoms with Crippen LogP contribution >= 0.6 is 11.3 Å². The molecule has 27 heavy (non-hydrogen) atoms. The van der Waals surface area contributed by atoms with E-state index < -0.39 is 0 Å². The fourth-order valence-corrected chi connectivity index (χ4v) is 3.83. The van der Waals surface area contributed by atoms with Crippen LogP contribution < -0.4 is 5.32 Å². The topological polar surface area (TPSA) is 85.6 Å². The predicted octanol–water partition coefficient (Wildman–Crippen LogP) is 3.68. The van der Waals surface area contributed by atoms with Gasteiger partial charge in [-0.05, 0) is 23.6 Å². The molecule has 3 aromatic heterocycles. The number of rotatable bonds is 3. The molecular formula is C19H12N6OS. The van der Waals surface area contributed by atoms with Gasteiger partial charge in [-0.25, -0.2) is 19.6 Å². The zero-order valence-electron chi connectivity index (χ0n) is 13.9. The summed E-state index contributed by atoms with van der Waals surface area (Å²) in [6.45, 7) is 0. The zero-order chi connectivity index (χ0) is 18.2. The van der Waals surface area contributed by atoms with E-state index in [0.29, 0.717) is 16.5 Å². The third-order valence-electron chi connectivity index (χ3n) is 4.17. The van der Waals surface area contributed by atoms with Crippen molar-refractivity contribution in [1.82, 2.24) is 24.7 Å². The Bertz CT molecular complexity index is 1280. The number of hydrogen-bond acceptors (Lipinski definition) is 6.